The molecule has 1 N–H and O–H groups in total. The average molecular weight is 364 g/mol. The molecule has 0 amide bonds. The fraction of sp³-hybridized carbons (Fsp3) is 0.188. The molecule has 0 bridgehead atoms. The summed E-state index contributed by atoms with van der Waals surface area (Å²) in [5.74, 6) is 1.30. The molecule has 3 aromatic rings. The van der Waals surface area contributed by atoms with Gasteiger partial charge in [0.2, 0.25) is 0 Å². The number of H-pyrrole nitrogens is 1. The molecule has 1 aromatic carbocycles. The summed E-state index contributed by atoms with van der Waals surface area (Å²) in [4.78, 5) is 24.5. The van der Waals surface area contributed by atoms with E-state index in [1.807, 2.05) is 18.2 Å². The first kappa shape index (κ1) is 16.4. The van der Waals surface area contributed by atoms with Crippen molar-refractivity contribution in [2.24, 2.45) is 0 Å². The smallest absolute Gasteiger partial charge is 0.259 e. The molecule has 0 aliphatic carbocycles. The van der Waals surface area contributed by atoms with Crippen LogP contribution >= 0.6 is 35.1 Å². The van der Waals surface area contributed by atoms with E-state index in [0.29, 0.717) is 21.9 Å². The molecule has 23 heavy (non-hydrogen) atoms. The van der Waals surface area contributed by atoms with Gasteiger partial charge in [-0.2, -0.15) is 0 Å². The Bertz CT molecular complexity index is 841. The summed E-state index contributed by atoms with van der Waals surface area (Å²) < 4.78 is 0. The molecule has 7 heteroatoms. The fourth-order valence-corrected chi connectivity index (χ4v) is 4.47. The lowest BCUT2D eigenvalue weighted by atomic mass is 10.3. The standard InChI is InChI=1S/C16H14ClN3OS2/c17-8-12(23-11-4-2-1-3-5-11)10-22-16-19-14-9-18-7-6-13(14)15(21)20-16/h1-7,9,12H,8,10H2,(H,19,20,21). The number of thioether (sulfide) groups is 2. The minimum Gasteiger partial charge on any atom is -0.301 e. The number of rotatable bonds is 6. The molecule has 0 fully saturated rings. The molecular weight excluding hydrogens is 350 g/mol. The van der Waals surface area contributed by atoms with Crippen LogP contribution in [-0.4, -0.2) is 31.8 Å². The number of nitrogens with one attached hydrogen (secondary N) is 1. The van der Waals surface area contributed by atoms with Gasteiger partial charge in [-0.3, -0.25) is 9.78 Å². The molecular formula is C16H14ClN3OS2. The minimum atomic E-state index is -0.141. The Kier molecular flexibility index (Phi) is 5.59. The predicted octanol–water partition coefficient (Wildman–Crippen LogP) is 3.81. The number of benzene rings is 1. The number of pyridine rings is 1. The molecule has 3 rings (SSSR count). The second kappa shape index (κ2) is 7.86. The van der Waals surface area contributed by atoms with Gasteiger partial charge in [0.25, 0.3) is 5.56 Å². The summed E-state index contributed by atoms with van der Waals surface area (Å²) in [6, 6.07) is 11.8. The van der Waals surface area contributed by atoms with Gasteiger partial charge < -0.3 is 4.98 Å². The molecule has 1 atom stereocenters. The highest BCUT2D eigenvalue weighted by Crippen LogP contribution is 2.28. The lowest BCUT2D eigenvalue weighted by Crippen LogP contribution is -2.12. The van der Waals surface area contributed by atoms with Gasteiger partial charge in [0, 0.05) is 28.0 Å². The quantitative estimate of drug-likeness (QED) is 0.410. The Morgan fingerprint density at radius 3 is 2.83 bits per heavy atom. The van der Waals surface area contributed by atoms with Gasteiger partial charge in [0.1, 0.15) is 0 Å². The largest absolute Gasteiger partial charge is 0.301 e. The average Bonchev–Trinajstić information content (AvgIpc) is 2.59. The SMILES string of the molecule is O=c1[nH]c(SCC(CCl)Sc2ccccc2)nc2cnccc12. The summed E-state index contributed by atoms with van der Waals surface area (Å²) in [5.41, 5.74) is 0.468. The van der Waals surface area contributed by atoms with Gasteiger partial charge in [-0.15, -0.1) is 23.4 Å². The van der Waals surface area contributed by atoms with Crippen molar-refractivity contribution in [3.8, 4) is 0 Å². The maximum Gasteiger partial charge on any atom is 0.259 e. The number of hydrogen-bond donors (Lipinski definition) is 1. The van der Waals surface area contributed by atoms with Gasteiger partial charge >= 0.3 is 0 Å². The van der Waals surface area contributed by atoms with Crippen LogP contribution in [0.2, 0.25) is 0 Å². The van der Waals surface area contributed by atoms with Gasteiger partial charge in [0.15, 0.2) is 5.16 Å². The van der Waals surface area contributed by atoms with Crippen LogP contribution in [0.4, 0.5) is 0 Å². The van der Waals surface area contributed by atoms with E-state index in [1.165, 1.54) is 16.7 Å². The van der Waals surface area contributed by atoms with Gasteiger partial charge in [-0.1, -0.05) is 30.0 Å². The topological polar surface area (TPSA) is 58.6 Å². The Morgan fingerprint density at radius 1 is 1.22 bits per heavy atom. The summed E-state index contributed by atoms with van der Waals surface area (Å²) in [7, 11) is 0. The van der Waals surface area contributed by atoms with Gasteiger partial charge in [0.05, 0.1) is 17.1 Å². The first-order valence-corrected chi connectivity index (χ1v) is 9.41. The summed E-state index contributed by atoms with van der Waals surface area (Å²) >= 11 is 9.31. The Morgan fingerprint density at radius 2 is 2.04 bits per heavy atom. The van der Waals surface area contributed by atoms with Crippen molar-refractivity contribution in [2.75, 3.05) is 11.6 Å². The van der Waals surface area contributed by atoms with Crippen LogP contribution in [0.1, 0.15) is 0 Å². The molecule has 0 spiro atoms. The number of halogens is 1. The van der Waals surface area contributed by atoms with Crippen molar-refractivity contribution in [2.45, 2.75) is 15.3 Å². The second-order valence-electron chi connectivity index (χ2n) is 4.78. The normalized spacial score (nSPS) is 12.4. The Balaban J connectivity index is 1.70. The Hall–Kier alpha value is -1.50. The van der Waals surface area contributed by atoms with E-state index in [9.17, 15) is 4.79 Å². The number of nitrogens with zero attached hydrogens (tertiary/aromatic N) is 2. The first-order chi connectivity index (χ1) is 11.3. The van der Waals surface area contributed by atoms with Crippen molar-refractivity contribution >= 4 is 46.0 Å². The van der Waals surface area contributed by atoms with Crippen LogP contribution < -0.4 is 5.56 Å². The number of fused-ring (bicyclic) bond motifs is 1. The zero-order chi connectivity index (χ0) is 16.1. The molecule has 0 aliphatic rings. The van der Waals surface area contributed by atoms with Gasteiger partial charge in [-0.05, 0) is 18.2 Å². The summed E-state index contributed by atoms with van der Waals surface area (Å²) in [6.07, 6.45) is 3.19. The summed E-state index contributed by atoms with van der Waals surface area (Å²) in [6.45, 7) is 0. The molecule has 0 radical (unpaired) electrons. The van der Waals surface area contributed by atoms with E-state index < -0.39 is 0 Å². The van der Waals surface area contributed by atoms with E-state index in [0.717, 1.165) is 5.75 Å². The van der Waals surface area contributed by atoms with E-state index in [4.69, 9.17) is 11.6 Å². The van der Waals surface area contributed by atoms with E-state index >= 15 is 0 Å². The molecule has 4 nitrogen and oxygen atoms in total. The highest BCUT2D eigenvalue weighted by molar-refractivity contribution is 8.03. The molecule has 1 unspecified atom stereocenters. The molecule has 0 aliphatic heterocycles. The third kappa shape index (κ3) is 4.28. The monoisotopic (exact) mass is 363 g/mol. The third-order valence-electron chi connectivity index (χ3n) is 3.11. The van der Waals surface area contributed by atoms with Crippen LogP contribution in [0.3, 0.4) is 0 Å². The molecule has 2 heterocycles. The van der Waals surface area contributed by atoms with Crippen molar-refractivity contribution in [1.29, 1.82) is 0 Å². The predicted molar refractivity (Wildman–Crippen MR) is 97.7 cm³/mol. The number of hydrogen-bond acceptors (Lipinski definition) is 5. The Labute approximate surface area is 147 Å². The highest BCUT2D eigenvalue weighted by Gasteiger charge is 2.12. The molecule has 0 saturated heterocycles. The van der Waals surface area contributed by atoms with Crippen LogP contribution in [0.5, 0.6) is 0 Å². The minimum absolute atomic E-state index is 0.141. The fourth-order valence-electron chi connectivity index (χ4n) is 2.01. The first-order valence-electron chi connectivity index (χ1n) is 7.01. The van der Waals surface area contributed by atoms with Gasteiger partial charge in [-0.25, -0.2) is 4.98 Å². The number of aromatic nitrogens is 3. The van der Waals surface area contributed by atoms with Crippen LogP contribution in [-0.2, 0) is 0 Å². The van der Waals surface area contributed by atoms with Crippen molar-refractivity contribution < 1.29 is 0 Å². The molecule has 118 valence electrons. The van der Waals surface area contributed by atoms with E-state index in [-0.39, 0.29) is 10.8 Å². The lowest BCUT2D eigenvalue weighted by Gasteiger charge is -2.12. The number of aromatic amines is 1. The van der Waals surface area contributed by atoms with Crippen LogP contribution in [0.25, 0.3) is 10.9 Å². The van der Waals surface area contributed by atoms with E-state index in [2.05, 4.69) is 27.1 Å². The second-order valence-corrected chi connectivity index (χ2v) is 7.47. The lowest BCUT2D eigenvalue weighted by molar-refractivity contribution is 0.967. The van der Waals surface area contributed by atoms with Crippen LogP contribution in [0.15, 0.2) is 63.6 Å². The third-order valence-corrected chi connectivity index (χ3v) is 6.12. The van der Waals surface area contributed by atoms with Crippen molar-refractivity contribution in [3.05, 3.63) is 59.1 Å². The van der Waals surface area contributed by atoms with Crippen molar-refractivity contribution in [1.82, 2.24) is 15.0 Å². The van der Waals surface area contributed by atoms with E-state index in [1.54, 1.807) is 30.2 Å². The number of alkyl halides is 1. The molecule has 2 aromatic heterocycles. The molecule has 0 saturated carbocycles. The maximum absolute atomic E-state index is 12.0. The maximum atomic E-state index is 12.0. The van der Waals surface area contributed by atoms with Crippen molar-refractivity contribution in [3.63, 3.8) is 0 Å². The van der Waals surface area contributed by atoms with Crippen LogP contribution in [0, 0.1) is 0 Å². The zero-order valence-electron chi connectivity index (χ0n) is 12.1. The highest BCUT2D eigenvalue weighted by atomic mass is 35.5. The zero-order valence-corrected chi connectivity index (χ0v) is 14.5. The summed E-state index contributed by atoms with van der Waals surface area (Å²) in [5, 5.41) is 1.38.